The summed E-state index contributed by atoms with van der Waals surface area (Å²) in [6.07, 6.45) is 7.06. The van der Waals surface area contributed by atoms with Crippen molar-refractivity contribution in [2.75, 3.05) is 0 Å². The monoisotopic (exact) mass is 416 g/mol. The highest BCUT2D eigenvalue weighted by Crippen LogP contribution is 2.74. The Morgan fingerprint density at radius 3 is 2.97 bits per heavy atom. The van der Waals surface area contributed by atoms with Crippen molar-refractivity contribution in [2.45, 2.75) is 45.2 Å². The molecular weight excluding hydrogens is 396 g/mol. The summed E-state index contributed by atoms with van der Waals surface area (Å²) in [4.78, 5) is 17.7. The minimum atomic E-state index is -0.283. The maximum Gasteiger partial charge on any atom is 0.249 e. The van der Waals surface area contributed by atoms with Gasteiger partial charge in [-0.25, -0.2) is 9.99 Å². The van der Waals surface area contributed by atoms with Crippen molar-refractivity contribution < 1.29 is 4.79 Å². The summed E-state index contributed by atoms with van der Waals surface area (Å²) in [5, 5.41) is 23.3. The van der Waals surface area contributed by atoms with Gasteiger partial charge in [-0.15, -0.1) is 11.3 Å². The van der Waals surface area contributed by atoms with E-state index in [-0.39, 0.29) is 22.8 Å². The fourth-order valence-electron chi connectivity index (χ4n) is 5.59. The van der Waals surface area contributed by atoms with Gasteiger partial charge in [0.05, 0.1) is 17.1 Å². The summed E-state index contributed by atoms with van der Waals surface area (Å²) in [6.45, 7) is 2.95. The lowest BCUT2D eigenvalue weighted by molar-refractivity contribution is -0.223. The van der Waals surface area contributed by atoms with Gasteiger partial charge in [0.1, 0.15) is 17.1 Å². The van der Waals surface area contributed by atoms with E-state index in [0.717, 1.165) is 36.3 Å². The van der Waals surface area contributed by atoms with Crippen LogP contribution >= 0.6 is 11.3 Å². The van der Waals surface area contributed by atoms with E-state index in [4.69, 9.17) is 5.26 Å². The second kappa shape index (κ2) is 5.99. The van der Waals surface area contributed by atoms with Crippen LogP contribution < -0.4 is 0 Å². The SMILES string of the molecule is Cc1ccc2c(cnn2CC23CC(C(=O)N4N=CCC4c4nc(C#N)cs4)(C2)C3)c1. The van der Waals surface area contributed by atoms with Gasteiger partial charge in [0.15, 0.2) is 5.69 Å². The summed E-state index contributed by atoms with van der Waals surface area (Å²) in [7, 11) is 0. The van der Waals surface area contributed by atoms with E-state index in [0.29, 0.717) is 12.1 Å². The van der Waals surface area contributed by atoms with Crippen LogP contribution in [0, 0.1) is 29.1 Å². The van der Waals surface area contributed by atoms with E-state index in [2.05, 4.69) is 51.1 Å². The highest BCUT2D eigenvalue weighted by molar-refractivity contribution is 7.09. The second-order valence-corrected chi connectivity index (χ2v) is 9.95. The van der Waals surface area contributed by atoms with Crippen LogP contribution in [0.15, 0.2) is 34.9 Å². The third-order valence-electron chi connectivity index (χ3n) is 6.84. The van der Waals surface area contributed by atoms with Crippen LogP contribution in [-0.4, -0.2) is 31.9 Å². The molecule has 1 amide bonds. The second-order valence-electron chi connectivity index (χ2n) is 9.06. The first-order valence-electron chi connectivity index (χ1n) is 10.1. The molecule has 3 saturated carbocycles. The third-order valence-corrected chi connectivity index (χ3v) is 7.78. The standard InChI is InChI=1S/C22H20N6OS/c1-14-2-3-17-15(6-14)8-25-27(17)13-21-10-22(11-21,12-21)20(29)28-18(4-5-24-28)19-26-16(7-23)9-30-19/h2-3,5-6,8-9,18H,4,10-13H2,1H3. The number of amides is 1. The van der Waals surface area contributed by atoms with Gasteiger partial charge >= 0.3 is 0 Å². The fourth-order valence-corrected chi connectivity index (χ4v) is 6.43. The fraction of sp³-hybridized carbons (Fsp3) is 0.409. The predicted octanol–water partition coefficient (Wildman–Crippen LogP) is 3.80. The molecule has 2 bridgehead atoms. The number of aromatic nitrogens is 3. The average Bonchev–Trinajstić information content (AvgIpc) is 3.41. The van der Waals surface area contributed by atoms with Crippen molar-refractivity contribution in [3.63, 3.8) is 0 Å². The third kappa shape index (κ3) is 2.42. The van der Waals surface area contributed by atoms with Gasteiger partial charge in [0.2, 0.25) is 5.91 Å². The lowest BCUT2D eigenvalue weighted by Gasteiger charge is -2.69. The summed E-state index contributed by atoms with van der Waals surface area (Å²) in [5.41, 5.74) is 2.69. The lowest BCUT2D eigenvalue weighted by atomic mass is 9.34. The summed E-state index contributed by atoms with van der Waals surface area (Å²) in [6, 6.07) is 8.31. The van der Waals surface area contributed by atoms with Crippen LogP contribution in [0.1, 0.15) is 48.0 Å². The Kier molecular flexibility index (Phi) is 3.55. The number of nitrogens with zero attached hydrogens (tertiary/aromatic N) is 6. The molecule has 3 fully saturated rings. The number of hydrazone groups is 1. The Morgan fingerprint density at radius 1 is 1.37 bits per heavy atom. The van der Waals surface area contributed by atoms with Crippen LogP contribution in [0.25, 0.3) is 10.9 Å². The molecular formula is C22H20N6OS. The zero-order chi connectivity index (χ0) is 20.5. The van der Waals surface area contributed by atoms with Crippen LogP contribution in [0.2, 0.25) is 0 Å². The van der Waals surface area contributed by atoms with Gasteiger partial charge in [-0.05, 0) is 43.7 Å². The molecule has 1 unspecified atom stereocenters. The molecule has 3 heterocycles. The molecule has 0 radical (unpaired) electrons. The Hall–Kier alpha value is -3.05. The number of fused-ring (bicyclic) bond motifs is 1. The molecule has 7 rings (SSSR count). The number of nitriles is 1. The van der Waals surface area contributed by atoms with Gasteiger partial charge in [-0.1, -0.05) is 11.6 Å². The molecule has 0 spiro atoms. The smallest absolute Gasteiger partial charge is 0.249 e. The molecule has 3 aromatic rings. The van der Waals surface area contributed by atoms with Gasteiger partial charge in [-0.2, -0.15) is 15.5 Å². The van der Waals surface area contributed by atoms with Crippen LogP contribution in [0.4, 0.5) is 0 Å². The van der Waals surface area contributed by atoms with Crippen molar-refractivity contribution in [1.29, 1.82) is 5.26 Å². The van der Waals surface area contributed by atoms with E-state index in [1.165, 1.54) is 22.3 Å². The van der Waals surface area contributed by atoms with E-state index in [1.54, 1.807) is 16.6 Å². The molecule has 1 aromatic carbocycles. The molecule has 1 atom stereocenters. The van der Waals surface area contributed by atoms with Crippen molar-refractivity contribution in [3.8, 4) is 6.07 Å². The Labute approximate surface area is 177 Å². The minimum absolute atomic E-state index is 0.109. The summed E-state index contributed by atoms with van der Waals surface area (Å²) >= 11 is 1.43. The number of benzene rings is 1. The normalized spacial score (nSPS) is 28.9. The van der Waals surface area contributed by atoms with E-state index in [9.17, 15) is 4.79 Å². The van der Waals surface area contributed by atoms with Crippen molar-refractivity contribution in [3.05, 3.63) is 46.0 Å². The summed E-state index contributed by atoms with van der Waals surface area (Å²) in [5.74, 6) is 0.109. The van der Waals surface area contributed by atoms with E-state index < -0.39 is 0 Å². The van der Waals surface area contributed by atoms with Crippen molar-refractivity contribution in [2.24, 2.45) is 15.9 Å². The lowest BCUT2D eigenvalue weighted by Crippen LogP contribution is -2.68. The van der Waals surface area contributed by atoms with Crippen LogP contribution in [0.3, 0.4) is 0 Å². The number of hydrogen-bond acceptors (Lipinski definition) is 6. The minimum Gasteiger partial charge on any atom is -0.272 e. The number of thiazole rings is 1. The number of carbonyl (C=O) groups is 1. The van der Waals surface area contributed by atoms with Gasteiger partial charge in [0, 0.05) is 29.9 Å². The number of carbonyl (C=O) groups excluding carboxylic acids is 1. The molecule has 150 valence electrons. The molecule has 8 heteroatoms. The number of aryl methyl sites for hydroxylation is 1. The quantitative estimate of drug-likeness (QED) is 0.647. The van der Waals surface area contributed by atoms with Gasteiger partial charge in [-0.3, -0.25) is 9.48 Å². The Balaban J connectivity index is 1.17. The first-order valence-corrected chi connectivity index (χ1v) is 11.0. The molecule has 7 nitrogen and oxygen atoms in total. The first-order chi connectivity index (χ1) is 14.5. The summed E-state index contributed by atoms with van der Waals surface area (Å²) < 4.78 is 2.10. The Morgan fingerprint density at radius 2 is 2.20 bits per heavy atom. The molecule has 4 aliphatic rings. The van der Waals surface area contributed by atoms with Crippen LogP contribution in [0.5, 0.6) is 0 Å². The van der Waals surface area contributed by atoms with Gasteiger partial charge < -0.3 is 0 Å². The molecule has 1 aliphatic heterocycles. The number of hydrogen-bond donors (Lipinski definition) is 0. The molecule has 2 aromatic heterocycles. The molecule has 3 aliphatic carbocycles. The zero-order valence-corrected chi connectivity index (χ0v) is 17.4. The highest BCUT2D eigenvalue weighted by atomic mass is 32.1. The average molecular weight is 417 g/mol. The maximum absolute atomic E-state index is 13.3. The topological polar surface area (TPSA) is 87.2 Å². The molecule has 30 heavy (non-hydrogen) atoms. The Bertz CT molecular complexity index is 1240. The van der Waals surface area contributed by atoms with Crippen molar-refractivity contribution in [1.82, 2.24) is 19.8 Å². The first kappa shape index (κ1) is 17.8. The molecule has 0 N–H and O–H groups in total. The van der Waals surface area contributed by atoms with Crippen molar-refractivity contribution >= 4 is 34.4 Å². The highest BCUT2D eigenvalue weighted by Gasteiger charge is 2.72. The number of rotatable bonds is 4. The van der Waals surface area contributed by atoms with E-state index >= 15 is 0 Å². The molecule has 0 saturated heterocycles. The predicted molar refractivity (Wildman–Crippen MR) is 113 cm³/mol. The van der Waals surface area contributed by atoms with Crippen LogP contribution in [-0.2, 0) is 11.3 Å². The largest absolute Gasteiger partial charge is 0.272 e. The van der Waals surface area contributed by atoms with E-state index in [1.807, 2.05) is 6.20 Å². The maximum atomic E-state index is 13.3. The van der Waals surface area contributed by atoms with Gasteiger partial charge in [0.25, 0.3) is 0 Å². The zero-order valence-electron chi connectivity index (χ0n) is 16.6.